The summed E-state index contributed by atoms with van der Waals surface area (Å²) in [6, 6.07) is 23.7. The van der Waals surface area contributed by atoms with Crippen molar-refractivity contribution in [3.05, 3.63) is 108 Å². The van der Waals surface area contributed by atoms with Gasteiger partial charge in [-0.25, -0.2) is 14.4 Å². The molecule has 0 aliphatic carbocycles. The van der Waals surface area contributed by atoms with Gasteiger partial charge in [0, 0.05) is 81.5 Å². The van der Waals surface area contributed by atoms with Crippen molar-refractivity contribution in [1.82, 2.24) is 35.1 Å². The first kappa shape index (κ1) is 49.3. The number of aromatic nitrogens is 5. The second-order valence-corrected chi connectivity index (χ2v) is 18.9. The Morgan fingerprint density at radius 3 is 2.38 bits per heavy atom. The van der Waals surface area contributed by atoms with Crippen molar-refractivity contribution in [2.75, 3.05) is 119 Å². The van der Waals surface area contributed by atoms with Gasteiger partial charge in [0.1, 0.15) is 22.9 Å². The number of carbonyl (C=O) groups is 2. The summed E-state index contributed by atoms with van der Waals surface area (Å²) in [5, 5.41) is 16.5. The van der Waals surface area contributed by atoms with Gasteiger partial charge in [-0.05, 0) is 78.7 Å². The Bertz CT molecular complexity index is 3230. The minimum Gasteiger partial charge on any atom is -0.508 e. The van der Waals surface area contributed by atoms with Crippen molar-refractivity contribution in [2.45, 2.75) is 25.9 Å². The average Bonchev–Trinajstić information content (AvgIpc) is 3.41. The van der Waals surface area contributed by atoms with E-state index < -0.39 is 5.82 Å². The zero-order chi connectivity index (χ0) is 50.8. The van der Waals surface area contributed by atoms with Crippen LogP contribution in [-0.2, 0) is 19.0 Å². The molecule has 3 fully saturated rings. The first-order valence-corrected chi connectivity index (χ1v) is 25.0. The number of fused-ring (bicyclic) bond motifs is 3. The molecule has 3 aliphatic heterocycles. The molecule has 0 saturated carbocycles. The van der Waals surface area contributed by atoms with Crippen LogP contribution in [0, 0.1) is 5.82 Å². The highest BCUT2D eigenvalue weighted by molar-refractivity contribution is 6.35. The van der Waals surface area contributed by atoms with Crippen molar-refractivity contribution in [2.24, 2.45) is 0 Å². The third kappa shape index (κ3) is 10.2. The summed E-state index contributed by atoms with van der Waals surface area (Å²) in [5.41, 5.74) is 3.09. The largest absolute Gasteiger partial charge is 0.508 e. The molecule has 7 aromatic rings. The monoisotopic (exact) mass is 1010 g/mol. The Kier molecular flexibility index (Phi) is 14.5. The summed E-state index contributed by atoms with van der Waals surface area (Å²) in [4.78, 5) is 60.7. The van der Waals surface area contributed by atoms with Gasteiger partial charge in [-0.1, -0.05) is 54.6 Å². The lowest BCUT2D eigenvalue weighted by Gasteiger charge is -2.37. The fourth-order valence-electron chi connectivity index (χ4n) is 9.72. The Balaban J connectivity index is 0.822. The number of phenolic OH excluding ortho intramolecular Hbond substituents is 1. The summed E-state index contributed by atoms with van der Waals surface area (Å²) in [7, 11) is 1.80. The first-order chi connectivity index (χ1) is 35.4. The van der Waals surface area contributed by atoms with Crippen LogP contribution in [0.2, 0.25) is 5.02 Å². The molecular formula is C54H57ClFN11O6. The molecule has 0 bridgehead atoms. The SMILES string of the molecule is C=CC(=O)N1CCN(c2nc(N(C)CCOCCNC(=O)c3cccc(-c4ccc5c(N6CCOC[C@H]6C)nc(N6CCOC[C@H]6C)nc5n4)c3)nc3c(F)c(-c4cc(O)cc5ccccc45)c(Cl)cc23)CC1. The highest BCUT2D eigenvalue weighted by Crippen LogP contribution is 2.43. The minimum atomic E-state index is -0.654. The topological polar surface area (TPSA) is 175 Å². The van der Waals surface area contributed by atoms with E-state index in [1.165, 1.54) is 12.1 Å². The smallest absolute Gasteiger partial charge is 0.251 e. The summed E-state index contributed by atoms with van der Waals surface area (Å²) in [6.07, 6.45) is 1.30. The minimum absolute atomic E-state index is 0.0267. The second-order valence-electron chi connectivity index (χ2n) is 18.5. The third-order valence-corrected chi connectivity index (χ3v) is 14.0. The predicted molar refractivity (Wildman–Crippen MR) is 283 cm³/mol. The fourth-order valence-corrected chi connectivity index (χ4v) is 10.0. The Morgan fingerprint density at radius 2 is 1.62 bits per heavy atom. The number of rotatable bonds is 14. The van der Waals surface area contributed by atoms with Crippen molar-refractivity contribution in [1.29, 1.82) is 0 Å². The van der Waals surface area contributed by atoms with Crippen LogP contribution in [0.25, 0.3) is 55.1 Å². The van der Waals surface area contributed by atoms with E-state index in [2.05, 4.69) is 35.5 Å². The Hall–Kier alpha value is -7.25. The van der Waals surface area contributed by atoms with E-state index >= 15 is 4.39 Å². The van der Waals surface area contributed by atoms with Crippen molar-refractivity contribution < 1.29 is 33.3 Å². The number of morpholine rings is 2. The van der Waals surface area contributed by atoms with Gasteiger partial charge in [0.05, 0.1) is 67.8 Å². The van der Waals surface area contributed by atoms with Crippen LogP contribution in [0.4, 0.5) is 27.9 Å². The average molecular weight is 1010 g/mol. The third-order valence-electron chi connectivity index (χ3n) is 13.7. The molecule has 3 aromatic heterocycles. The van der Waals surface area contributed by atoms with Crippen molar-refractivity contribution >= 4 is 79.7 Å². The normalized spacial score (nSPS) is 17.4. The number of nitrogens with zero attached hydrogens (tertiary/aromatic N) is 10. The maximum atomic E-state index is 17.2. The zero-order valence-electron chi connectivity index (χ0n) is 41.1. The van der Waals surface area contributed by atoms with E-state index in [0.717, 1.165) is 22.2 Å². The first-order valence-electron chi connectivity index (χ1n) is 24.6. The molecule has 6 heterocycles. The molecule has 378 valence electrons. The van der Waals surface area contributed by atoms with Gasteiger partial charge in [0.25, 0.3) is 5.91 Å². The molecule has 2 amide bonds. The number of anilines is 4. The predicted octanol–water partition coefficient (Wildman–Crippen LogP) is 7.12. The number of halogens is 2. The van der Waals surface area contributed by atoms with Gasteiger partial charge in [-0.15, -0.1) is 0 Å². The van der Waals surface area contributed by atoms with Crippen LogP contribution in [0.3, 0.4) is 0 Å². The molecule has 0 spiro atoms. The van der Waals surface area contributed by atoms with Gasteiger partial charge in [-0.3, -0.25) is 9.59 Å². The molecule has 0 radical (unpaired) electrons. The van der Waals surface area contributed by atoms with Gasteiger partial charge in [-0.2, -0.15) is 15.0 Å². The van der Waals surface area contributed by atoms with Crippen LogP contribution < -0.4 is 24.9 Å². The Morgan fingerprint density at radius 1 is 0.849 bits per heavy atom. The Labute approximate surface area is 427 Å². The van der Waals surface area contributed by atoms with Gasteiger partial charge in [0.2, 0.25) is 17.8 Å². The second kappa shape index (κ2) is 21.5. The molecule has 19 heteroatoms. The number of hydrogen-bond donors (Lipinski definition) is 2. The molecule has 73 heavy (non-hydrogen) atoms. The number of aromatic hydroxyl groups is 1. The number of ether oxygens (including phenoxy) is 3. The van der Waals surface area contributed by atoms with E-state index in [1.54, 1.807) is 35.0 Å². The number of likely N-dealkylation sites (N-methyl/N-ethyl adjacent to an activating group) is 1. The molecule has 3 saturated heterocycles. The molecular weight excluding hydrogens is 953 g/mol. The fraction of sp³-hybridized carbons (Fsp3) is 0.352. The number of nitrogens with one attached hydrogen (secondary N) is 1. The van der Waals surface area contributed by atoms with Gasteiger partial charge >= 0.3 is 0 Å². The van der Waals surface area contributed by atoms with Crippen molar-refractivity contribution in [3.63, 3.8) is 0 Å². The summed E-state index contributed by atoms with van der Waals surface area (Å²) in [5.74, 6) is 1.07. The number of pyridine rings is 1. The molecule has 17 nitrogen and oxygen atoms in total. The molecule has 0 unspecified atom stereocenters. The lowest BCUT2D eigenvalue weighted by molar-refractivity contribution is -0.126. The molecule has 4 aromatic carbocycles. The maximum Gasteiger partial charge on any atom is 0.251 e. The summed E-state index contributed by atoms with van der Waals surface area (Å²) >= 11 is 6.94. The number of hydrogen-bond acceptors (Lipinski definition) is 15. The summed E-state index contributed by atoms with van der Waals surface area (Å²) < 4.78 is 34.6. The van der Waals surface area contributed by atoms with Gasteiger partial charge in [0.15, 0.2) is 11.5 Å². The van der Waals surface area contributed by atoms with Crippen LogP contribution in [0.15, 0.2) is 91.5 Å². The lowest BCUT2D eigenvalue weighted by atomic mass is 9.96. The van der Waals surface area contributed by atoms with Crippen LogP contribution in [0.5, 0.6) is 5.75 Å². The zero-order valence-corrected chi connectivity index (χ0v) is 41.8. The number of amides is 2. The van der Waals surface area contributed by atoms with E-state index in [9.17, 15) is 14.7 Å². The van der Waals surface area contributed by atoms with E-state index in [1.807, 2.05) is 59.5 Å². The molecule has 10 rings (SSSR count). The van der Waals surface area contributed by atoms with Crippen LogP contribution >= 0.6 is 11.6 Å². The van der Waals surface area contributed by atoms with Crippen LogP contribution in [0.1, 0.15) is 24.2 Å². The van der Waals surface area contributed by atoms with Gasteiger partial charge < -0.3 is 49.1 Å². The lowest BCUT2D eigenvalue weighted by Crippen LogP contribution is -2.48. The van der Waals surface area contributed by atoms with E-state index in [0.29, 0.717) is 117 Å². The van der Waals surface area contributed by atoms with E-state index in [4.69, 9.17) is 50.7 Å². The standard InChI is InChI=1S/C54H57ClFN11O6/c1-5-45(69)64-16-18-65(19-17-64)50-42-30-43(55)46(41-29-38(68)28-35-9-6-7-12-39(35)41)47(56)48(42)59-53(61-50)63(4)20-24-71-23-15-57-52(70)37-11-8-10-36(27-37)44-14-13-40-49(58-44)60-54(67-22-26-73-32-34(67)3)62-51(40)66-21-25-72-31-33(66)2/h5-14,27-30,33-34,68H,1,15-26,31-32H2,2-4H3,(H,57,70)/t33-,34-/m1/s1. The highest BCUT2D eigenvalue weighted by Gasteiger charge is 2.30. The molecule has 3 aliphatic rings. The molecule has 2 N–H and O–H groups in total. The number of piperazine rings is 1. The quantitative estimate of drug-likeness (QED) is 0.0832. The van der Waals surface area contributed by atoms with E-state index in [-0.39, 0.29) is 71.5 Å². The van der Waals surface area contributed by atoms with Crippen molar-refractivity contribution in [3.8, 4) is 28.1 Å². The highest BCUT2D eigenvalue weighted by atomic mass is 35.5. The van der Waals surface area contributed by atoms with Crippen LogP contribution in [-0.4, -0.2) is 158 Å². The number of phenols is 1. The summed E-state index contributed by atoms with van der Waals surface area (Å²) in [6.45, 7) is 14.4. The number of carbonyl (C=O) groups excluding carboxylic acids is 2. The molecule has 2 atom stereocenters. The number of benzene rings is 4. The maximum absolute atomic E-state index is 17.2.